The molecule has 0 bridgehead atoms. The number of nitrogens with zero attached hydrogens (tertiary/aromatic N) is 3. The molecule has 120 valence electrons. The van der Waals surface area contributed by atoms with Crippen molar-refractivity contribution in [1.82, 2.24) is 14.7 Å². The highest BCUT2D eigenvalue weighted by molar-refractivity contribution is 5.93. The molecule has 2 aromatic rings. The summed E-state index contributed by atoms with van der Waals surface area (Å²) in [6.07, 6.45) is 2.14. The second-order valence-electron chi connectivity index (χ2n) is 5.85. The maximum atomic E-state index is 12.7. The van der Waals surface area contributed by atoms with Crippen LogP contribution in [-0.4, -0.2) is 45.3 Å². The van der Waals surface area contributed by atoms with E-state index < -0.39 is 5.97 Å². The number of benzene rings is 1. The van der Waals surface area contributed by atoms with Gasteiger partial charge in [-0.2, -0.15) is 5.10 Å². The minimum atomic E-state index is -0.917. The number of para-hydroxylation sites is 1. The highest BCUT2D eigenvalue weighted by Gasteiger charge is 2.29. The predicted molar refractivity (Wildman–Crippen MR) is 84.8 cm³/mol. The van der Waals surface area contributed by atoms with E-state index in [9.17, 15) is 9.59 Å². The zero-order chi connectivity index (χ0) is 16.4. The first-order chi connectivity index (χ1) is 11.1. The fourth-order valence-corrected chi connectivity index (χ4v) is 2.46. The summed E-state index contributed by atoms with van der Waals surface area (Å²) in [5.41, 5.74) is 2.24. The molecule has 0 aliphatic heterocycles. The van der Waals surface area contributed by atoms with E-state index in [1.807, 2.05) is 36.4 Å². The van der Waals surface area contributed by atoms with Crippen molar-refractivity contribution in [1.29, 1.82) is 0 Å². The van der Waals surface area contributed by atoms with E-state index in [0.29, 0.717) is 11.6 Å². The molecule has 0 saturated heterocycles. The van der Waals surface area contributed by atoms with Crippen molar-refractivity contribution in [2.45, 2.75) is 25.2 Å². The molecule has 6 nitrogen and oxygen atoms in total. The van der Waals surface area contributed by atoms with Crippen LogP contribution in [0, 0.1) is 0 Å². The summed E-state index contributed by atoms with van der Waals surface area (Å²) in [4.78, 5) is 24.8. The lowest BCUT2D eigenvalue weighted by Crippen LogP contribution is -2.30. The Morgan fingerprint density at radius 3 is 2.61 bits per heavy atom. The Bertz CT molecular complexity index is 720. The molecule has 1 aromatic carbocycles. The van der Waals surface area contributed by atoms with E-state index in [2.05, 4.69) is 5.10 Å². The number of carboxylic acids is 1. The summed E-state index contributed by atoms with van der Waals surface area (Å²) in [6.45, 7) is 0.174. The van der Waals surface area contributed by atoms with E-state index in [1.54, 1.807) is 11.7 Å². The molecule has 1 aliphatic carbocycles. The average molecular weight is 313 g/mol. The van der Waals surface area contributed by atoms with Crippen molar-refractivity contribution in [3.8, 4) is 5.69 Å². The number of aliphatic carboxylic acids is 1. The predicted octanol–water partition coefficient (Wildman–Crippen LogP) is 2.30. The first-order valence-electron chi connectivity index (χ1n) is 7.69. The van der Waals surface area contributed by atoms with Crippen LogP contribution >= 0.6 is 0 Å². The van der Waals surface area contributed by atoms with Gasteiger partial charge in [0.15, 0.2) is 0 Å². The van der Waals surface area contributed by atoms with Gasteiger partial charge in [-0.3, -0.25) is 9.59 Å². The molecule has 3 rings (SSSR count). The molecule has 1 saturated carbocycles. The number of hydrogen-bond donors (Lipinski definition) is 1. The van der Waals surface area contributed by atoms with Gasteiger partial charge in [0.25, 0.3) is 5.91 Å². The number of amides is 1. The van der Waals surface area contributed by atoms with E-state index in [-0.39, 0.29) is 18.9 Å². The number of rotatable bonds is 6. The van der Waals surface area contributed by atoms with Crippen LogP contribution in [0.15, 0.2) is 36.4 Å². The second-order valence-corrected chi connectivity index (χ2v) is 5.85. The van der Waals surface area contributed by atoms with Crippen LogP contribution < -0.4 is 0 Å². The average Bonchev–Trinajstić information content (AvgIpc) is 3.31. The van der Waals surface area contributed by atoms with E-state index >= 15 is 0 Å². The van der Waals surface area contributed by atoms with Crippen molar-refractivity contribution < 1.29 is 14.7 Å². The van der Waals surface area contributed by atoms with Crippen LogP contribution in [-0.2, 0) is 4.79 Å². The fraction of sp³-hybridized carbons (Fsp3) is 0.353. The quantitative estimate of drug-likeness (QED) is 0.888. The molecule has 23 heavy (non-hydrogen) atoms. The number of carbonyl (C=O) groups is 2. The molecular weight excluding hydrogens is 294 g/mol. The Morgan fingerprint density at radius 2 is 2.00 bits per heavy atom. The molecule has 0 spiro atoms. The van der Waals surface area contributed by atoms with Crippen LogP contribution in [0.2, 0.25) is 0 Å². The second kappa shape index (κ2) is 6.24. The molecule has 0 atom stereocenters. The van der Waals surface area contributed by atoms with Crippen molar-refractivity contribution in [2.24, 2.45) is 0 Å². The Labute approximate surface area is 134 Å². The van der Waals surface area contributed by atoms with Gasteiger partial charge in [-0.25, -0.2) is 4.68 Å². The van der Waals surface area contributed by atoms with Gasteiger partial charge in [-0.15, -0.1) is 0 Å². The topological polar surface area (TPSA) is 75.4 Å². The van der Waals surface area contributed by atoms with Crippen LogP contribution in [0.4, 0.5) is 0 Å². The van der Waals surface area contributed by atoms with Gasteiger partial charge in [-0.1, -0.05) is 18.2 Å². The number of aromatic nitrogens is 2. The lowest BCUT2D eigenvalue weighted by molar-refractivity contribution is -0.137. The van der Waals surface area contributed by atoms with Crippen molar-refractivity contribution >= 4 is 11.9 Å². The van der Waals surface area contributed by atoms with Crippen molar-refractivity contribution in [2.75, 3.05) is 13.6 Å². The van der Waals surface area contributed by atoms with Crippen LogP contribution in [0.3, 0.4) is 0 Å². The SMILES string of the molecule is CN(CCC(=O)O)C(=O)c1cc(C2CC2)nn1-c1ccccc1. The third kappa shape index (κ3) is 3.41. The molecule has 1 heterocycles. The minimum absolute atomic E-state index is 0.0722. The van der Waals surface area contributed by atoms with E-state index in [4.69, 9.17) is 5.11 Å². The van der Waals surface area contributed by atoms with Crippen LogP contribution in [0.5, 0.6) is 0 Å². The third-order valence-corrected chi connectivity index (χ3v) is 3.95. The van der Waals surface area contributed by atoms with Crippen LogP contribution in [0.25, 0.3) is 5.69 Å². The number of carboxylic acid groups (broad SMARTS) is 1. The lowest BCUT2D eigenvalue weighted by atomic mass is 10.2. The maximum Gasteiger partial charge on any atom is 0.305 e. The molecule has 6 heteroatoms. The molecule has 1 fully saturated rings. The molecule has 1 aromatic heterocycles. The fourth-order valence-electron chi connectivity index (χ4n) is 2.46. The Balaban J connectivity index is 1.90. The first kappa shape index (κ1) is 15.3. The number of hydrogen-bond acceptors (Lipinski definition) is 3. The molecule has 0 unspecified atom stereocenters. The van der Waals surface area contributed by atoms with Gasteiger partial charge in [0.2, 0.25) is 0 Å². The maximum absolute atomic E-state index is 12.7. The van der Waals surface area contributed by atoms with Crippen molar-refractivity contribution in [3.05, 3.63) is 47.8 Å². The summed E-state index contributed by atoms with van der Waals surface area (Å²) >= 11 is 0. The van der Waals surface area contributed by atoms with Gasteiger partial charge in [-0.05, 0) is 31.0 Å². The van der Waals surface area contributed by atoms with Crippen molar-refractivity contribution in [3.63, 3.8) is 0 Å². The minimum Gasteiger partial charge on any atom is -0.481 e. The lowest BCUT2D eigenvalue weighted by Gasteiger charge is -2.16. The van der Waals surface area contributed by atoms with E-state index in [0.717, 1.165) is 24.2 Å². The van der Waals surface area contributed by atoms with Gasteiger partial charge in [0, 0.05) is 19.5 Å². The Morgan fingerprint density at radius 1 is 1.30 bits per heavy atom. The summed E-state index contributed by atoms with van der Waals surface area (Å²) < 4.78 is 1.66. The smallest absolute Gasteiger partial charge is 0.305 e. The summed E-state index contributed by atoms with van der Waals surface area (Å²) in [7, 11) is 1.62. The molecule has 1 amide bonds. The van der Waals surface area contributed by atoms with Gasteiger partial charge in [0.1, 0.15) is 5.69 Å². The van der Waals surface area contributed by atoms with Gasteiger partial charge >= 0.3 is 5.97 Å². The highest BCUT2D eigenvalue weighted by Crippen LogP contribution is 2.39. The molecular formula is C17H19N3O3. The van der Waals surface area contributed by atoms with E-state index in [1.165, 1.54) is 4.90 Å². The Kier molecular flexibility index (Phi) is 4.14. The van der Waals surface area contributed by atoms with Gasteiger partial charge in [0.05, 0.1) is 17.8 Å². The largest absolute Gasteiger partial charge is 0.481 e. The Hall–Kier alpha value is -2.63. The summed E-state index contributed by atoms with van der Waals surface area (Å²) in [6, 6.07) is 11.3. The standard InChI is InChI=1S/C17H19N3O3/c1-19(10-9-16(21)22)17(23)15-11-14(12-7-8-12)18-20(15)13-5-3-2-4-6-13/h2-6,11-12H,7-10H2,1H3,(H,21,22). The van der Waals surface area contributed by atoms with Crippen LogP contribution in [0.1, 0.15) is 41.4 Å². The normalized spacial score (nSPS) is 13.8. The summed E-state index contributed by atoms with van der Waals surface area (Å²) in [5, 5.41) is 13.4. The highest BCUT2D eigenvalue weighted by atomic mass is 16.4. The molecule has 1 N–H and O–H groups in total. The molecule has 1 aliphatic rings. The first-order valence-corrected chi connectivity index (χ1v) is 7.69. The monoisotopic (exact) mass is 313 g/mol. The zero-order valence-electron chi connectivity index (χ0n) is 13.0. The number of carbonyl (C=O) groups excluding carboxylic acids is 1. The van der Waals surface area contributed by atoms with Gasteiger partial charge < -0.3 is 10.0 Å². The third-order valence-electron chi connectivity index (χ3n) is 3.95. The summed E-state index contributed by atoms with van der Waals surface area (Å²) in [5.74, 6) is -0.690. The zero-order valence-corrected chi connectivity index (χ0v) is 13.0. The molecule has 0 radical (unpaired) electrons.